The van der Waals surface area contributed by atoms with Crippen LogP contribution in [0.4, 0.5) is 0 Å². The molecule has 0 aliphatic heterocycles. The van der Waals surface area contributed by atoms with Crippen LogP contribution >= 0.6 is 0 Å². The van der Waals surface area contributed by atoms with E-state index in [0.717, 1.165) is 0 Å². The largest absolute Gasteiger partial charge is 1.00 e. The molecule has 2 aliphatic rings. The van der Waals surface area contributed by atoms with Crippen LogP contribution in [0.2, 0.25) is 52.4 Å². The molecule has 0 spiro atoms. The molecule has 0 unspecified atom stereocenters. The number of hydrogen-bond donors (Lipinski definition) is 0. The minimum absolute atomic E-state index is 0. The molecular formula is C54H72Cl2Si3Zr-2. The van der Waals surface area contributed by atoms with Crippen LogP contribution in [0.5, 0.6) is 0 Å². The fraction of sp³-hybridized carbons (Fsp3) is 0.444. The molecule has 6 aromatic carbocycles. The van der Waals surface area contributed by atoms with E-state index in [-0.39, 0.29) is 30.2 Å². The van der Waals surface area contributed by atoms with Gasteiger partial charge >= 0.3 is 41.9 Å². The van der Waals surface area contributed by atoms with Crippen LogP contribution in [0.25, 0.3) is 43.8 Å². The molecule has 0 aromatic heterocycles. The van der Waals surface area contributed by atoms with Gasteiger partial charge in [0.05, 0.1) is 16.1 Å². The standard InChI is InChI=1S/2C26H33Si.C2H6Si.2ClH.Zr/c2*1-5-14-26(15-7-16-26)19-20-17-22-8-6-9-24(25(22)18-20)21-10-12-23(13-11-21)27(2,3)4;1-3-2;;;/h2*6,8-13,17-18H,5,7,14-16,19H2,1-4H3;1-2H3;2*1H;/q2*-1;;;;+2/p-2. The number of fused-ring (bicyclic) bond motifs is 2. The van der Waals surface area contributed by atoms with E-state index in [1.54, 1.807) is 34.5 Å². The van der Waals surface area contributed by atoms with Gasteiger partial charge < -0.3 is 24.8 Å². The Morgan fingerprint density at radius 1 is 0.550 bits per heavy atom. The van der Waals surface area contributed by atoms with Crippen LogP contribution in [0, 0.1) is 10.8 Å². The first-order valence-corrected chi connectivity index (χ1v) is 35.8. The van der Waals surface area contributed by atoms with Gasteiger partial charge in [0.1, 0.15) is 0 Å². The second-order valence-corrected chi connectivity index (χ2v) is 40.1. The minimum atomic E-state index is -1.24. The third-order valence-electron chi connectivity index (χ3n) is 13.3. The smallest absolute Gasteiger partial charge is 1.00 e. The molecule has 6 aromatic rings. The molecule has 0 atom stereocenters. The first kappa shape index (κ1) is 50.9. The van der Waals surface area contributed by atoms with Gasteiger partial charge in [0.15, 0.2) is 0 Å². The fourth-order valence-corrected chi connectivity index (χ4v) is 12.2. The van der Waals surface area contributed by atoms with E-state index in [1.807, 2.05) is 0 Å². The van der Waals surface area contributed by atoms with E-state index >= 15 is 0 Å². The quantitative estimate of drug-likeness (QED) is 0.0848. The van der Waals surface area contributed by atoms with Gasteiger partial charge in [0, 0.05) is 0 Å². The molecule has 2 aliphatic carbocycles. The maximum absolute atomic E-state index is 2.48. The Balaban J connectivity index is 0.000000236. The van der Waals surface area contributed by atoms with E-state index < -0.39 is 16.1 Å². The van der Waals surface area contributed by atoms with Crippen molar-refractivity contribution >= 4 is 53.5 Å². The van der Waals surface area contributed by atoms with Crippen molar-refractivity contribution in [2.24, 2.45) is 10.8 Å². The normalized spacial score (nSPS) is 15.3. The van der Waals surface area contributed by atoms with Gasteiger partial charge in [-0.05, 0) is 73.3 Å². The third-order valence-corrected chi connectivity index (χ3v) is 17.4. The van der Waals surface area contributed by atoms with Crippen molar-refractivity contribution < 1.29 is 48.1 Å². The van der Waals surface area contributed by atoms with Crippen molar-refractivity contribution in [1.29, 1.82) is 0 Å². The SMILES string of the molecule is CCCC1(Cc2cc3c(-c4ccc([Si](C)(C)C)cc4)cccc3[cH-]2)CCC1.CCCC1(Cc2cc3c(-c4ccc([Si](C)(C)C)cc4)cccc3[cH-]2)CCC1.C[Si](C)=[Zr+2].[Cl-].[Cl-]. The zero-order valence-corrected chi connectivity index (χ0v) is 45.6. The average molecular weight is 968 g/mol. The summed E-state index contributed by atoms with van der Waals surface area (Å²) in [4.78, 5) is 0. The maximum atomic E-state index is 2.48. The molecule has 0 N–H and O–H groups in total. The summed E-state index contributed by atoms with van der Waals surface area (Å²) in [6.07, 6.45) is 16.5. The summed E-state index contributed by atoms with van der Waals surface area (Å²) < 4.78 is 0. The first-order chi connectivity index (χ1) is 27.5. The molecule has 0 bridgehead atoms. The van der Waals surface area contributed by atoms with Crippen LogP contribution in [0.3, 0.4) is 0 Å². The van der Waals surface area contributed by atoms with Gasteiger partial charge in [-0.2, -0.15) is 12.1 Å². The van der Waals surface area contributed by atoms with Crippen molar-refractivity contribution in [3.05, 3.63) is 120 Å². The van der Waals surface area contributed by atoms with E-state index in [1.165, 1.54) is 131 Å². The van der Waals surface area contributed by atoms with E-state index in [9.17, 15) is 0 Å². The third kappa shape index (κ3) is 12.7. The molecule has 0 nitrogen and oxygen atoms in total. The number of halogens is 2. The molecule has 2 fully saturated rings. The second kappa shape index (κ2) is 21.7. The molecule has 60 heavy (non-hydrogen) atoms. The Morgan fingerprint density at radius 2 is 0.883 bits per heavy atom. The van der Waals surface area contributed by atoms with Crippen molar-refractivity contribution in [2.75, 3.05) is 0 Å². The first-order valence-electron chi connectivity index (χ1n) is 22.6. The van der Waals surface area contributed by atoms with Gasteiger partial charge in [-0.25, -0.2) is 0 Å². The maximum Gasteiger partial charge on any atom is -1.00 e. The molecule has 0 amide bonds. The Kier molecular flexibility index (Phi) is 18.4. The molecule has 0 saturated heterocycles. The summed E-state index contributed by atoms with van der Waals surface area (Å²) in [5, 5.41) is 8.74. The van der Waals surface area contributed by atoms with Gasteiger partial charge in [0.2, 0.25) is 0 Å². The van der Waals surface area contributed by atoms with Crippen LogP contribution < -0.4 is 35.2 Å². The zero-order chi connectivity index (χ0) is 41.7. The van der Waals surface area contributed by atoms with Crippen molar-refractivity contribution in [3.63, 3.8) is 0 Å². The molecule has 320 valence electrons. The van der Waals surface area contributed by atoms with E-state index in [2.05, 4.69) is 175 Å². The van der Waals surface area contributed by atoms with Gasteiger partial charge in [-0.15, -0.1) is 69.1 Å². The molecule has 0 radical (unpaired) electrons. The molecule has 2 saturated carbocycles. The van der Waals surface area contributed by atoms with Crippen LogP contribution in [0.15, 0.2) is 109 Å². The summed E-state index contributed by atoms with van der Waals surface area (Å²) in [6, 6.07) is 42.2. The zero-order valence-electron chi connectivity index (χ0n) is 38.6. The van der Waals surface area contributed by atoms with Gasteiger partial charge in [-0.3, -0.25) is 0 Å². The Morgan fingerprint density at radius 3 is 1.15 bits per heavy atom. The number of rotatable bonds is 12. The van der Waals surface area contributed by atoms with Crippen LogP contribution in [-0.4, -0.2) is 21.6 Å². The van der Waals surface area contributed by atoms with Gasteiger partial charge in [0.25, 0.3) is 0 Å². The van der Waals surface area contributed by atoms with Crippen LogP contribution in [-0.2, 0) is 36.2 Å². The summed E-state index contributed by atoms with van der Waals surface area (Å²) >= 11 is 1.74. The average Bonchev–Trinajstić information content (AvgIpc) is 3.76. The molecular weight excluding hydrogens is 895 g/mol. The van der Waals surface area contributed by atoms with E-state index in [0.29, 0.717) is 10.8 Å². The van der Waals surface area contributed by atoms with Crippen molar-refractivity contribution in [3.8, 4) is 22.3 Å². The summed E-state index contributed by atoms with van der Waals surface area (Å²) in [5.41, 5.74) is 9.98. The predicted octanol–water partition coefficient (Wildman–Crippen LogP) is 9.36. The Labute approximate surface area is 395 Å². The predicted molar refractivity (Wildman–Crippen MR) is 263 cm³/mol. The topological polar surface area (TPSA) is 0 Å². The minimum Gasteiger partial charge on any atom is -1.00 e. The van der Waals surface area contributed by atoms with Crippen molar-refractivity contribution in [1.82, 2.24) is 0 Å². The van der Waals surface area contributed by atoms with Crippen molar-refractivity contribution in [2.45, 2.75) is 143 Å². The summed E-state index contributed by atoms with van der Waals surface area (Å²) in [5.74, 6) is 0. The fourth-order valence-electron chi connectivity index (χ4n) is 9.91. The molecule has 6 heteroatoms. The Hall–Kier alpha value is -1.79. The number of benzene rings is 4. The summed E-state index contributed by atoms with van der Waals surface area (Å²) in [6.45, 7) is 23.8. The van der Waals surface area contributed by atoms with Gasteiger partial charge in [-0.1, -0.05) is 161 Å². The molecule has 0 heterocycles. The Bertz CT molecular complexity index is 2110. The number of hydrogen-bond acceptors (Lipinski definition) is 0. The van der Waals surface area contributed by atoms with Crippen LogP contribution in [0.1, 0.15) is 89.2 Å². The second-order valence-electron chi connectivity index (χ2n) is 20.6. The van der Waals surface area contributed by atoms with E-state index in [4.69, 9.17) is 0 Å². The monoisotopic (exact) mass is 964 g/mol. The molecule has 8 rings (SSSR count). The summed E-state index contributed by atoms with van der Waals surface area (Å²) in [7, 11) is -2.48.